The topological polar surface area (TPSA) is 77.8 Å². The zero-order valence-electron chi connectivity index (χ0n) is 17.1. The van der Waals surface area contributed by atoms with E-state index in [2.05, 4.69) is 5.32 Å². The zero-order chi connectivity index (χ0) is 21.0. The van der Waals surface area contributed by atoms with Crippen molar-refractivity contribution < 1.29 is 18.7 Å². The summed E-state index contributed by atoms with van der Waals surface area (Å²) in [5.74, 6) is 1.10. The van der Waals surface area contributed by atoms with Crippen LogP contribution in [-0.4, -0.2) is 26.2 Å². The van der Waals surface area contributed by atoms with Crippen LogP contribution in [-0.2, 0) is 11.2 Å². The van der Waals surface area contributed by atoms with Crippen molar-refractivity contribution in [2.24, 2.45) is 0 Å². The molecule has 0 bridgehead atoms. The lowest BCUT2D eigenvalue weighted by atomic mass is 10.0. The summed E-state index contributed by atoms with van der Waals surface area (Å²) in [4.78, 5) is 24.1. The van der Waals surface area contributed by atoms with Gasteiger partial charge in [-0.25, -0.2) is 4.79 Å². The van der Waals surface area contributed by atoms with Gasteiger partial charge < -0.3 is 19.2 Å². The van der Waals surface area contributed by atoms with Gasteiger partial charge in [0.2, 0.25) is 0 Å². The Labute approximate surface area is 169 Å². The predicted molar refractivity (Wildman–Crippen MR) is 112 cm³/mol. The van der Waals surface area contributed by atoms with Gasteiger partial charge in [-0.1, -0.05) is 18.2 Å². The first kappa shape index (κ1) is 20.5. The van der Waals surface area contributed by atoms with Crippen molar-refractivity contribution in [1.29, 1.82) is 0 Å². The van der Waals surface area contributed by atoms with E-state index in [1.54, 1.807) is 20.1 Å². The molecule has 0 radical (unpaired) electrons. The number of carbonyl (C=O) groups is 1. The highest BCUT2D eigenvalue weighted by atomic mass is 16.5. The molecular formula is C23H25NO5. The Hall–Kier alpha value is -3.28. The van der Waals surface area contributed by atoms with Crippen LogP contribution in [0.4, 0.5) is 0 Å². The molecule has 0 aliphatic rings. The molecule has 6 nitrogen and oxygen atoms in total. The minimum atomic E-state index is -0.357. The van der Waals surface area contributed by atoms with E-state index in [1.165, 1.54) is 0 Å². The largest absolute Gasteiger partial charge is 0.496 e. The van der Waals surface area contributed by atoms with E-state index in [-0.39, 0.29) is 18.1 Å². The molecule has 6 heteroatoms. The number of fused-ring (bicyclic) bond motifs is 1. The van der Waals surface area contributed by atoms with E-state index < -0.39 is 0 Å². The van der Waals surface area contributed by atoms with E-state index in [1.807, 2.05) is 44.2 Å². The predicted octanol–water partition coefficient (Wildman–Crippen LogP) is 3.46. The molecule has 3 rings (SSSR count). The average molecular weight is 395 g/mol. The standard InChI is InChI=1S/C23H25NO5/c1-14-15(2)23(26)29-22-16(3)19(10-9-18(14)22)28-13-21(25)24-12-11-17-7-5-6-8-20(17)27-4/h5-10H,11-13H2,1-4H3,(H,24,25). The van der Waals surface area contributed by atoms with Gasteiger partial charge in [0.15, 0.2) is 6.61 Å². The van der Waals surface area contributed by atoms with E-state index in [4.69, 9.17) is 13.9 Å². The summed E-state index contributed by atoms with van der Waals surface area (Å²) in [6.45, 7) is 5.81. The third-order valence-electron chi connectivity index (χ3n) is 5.09. The van der Waals surface area contributed by atoms with Crippen molar-refractivity contribution in [3.8, 4) is 11.5 Å². The van der Waals surface area contributed by atoms with Crippen LogP contribution in [0.15, 0.2) is 45.6 Å². The van der Waals surface area contributed by atoms with Gasteiger partial charge in [-0.2, -0.15) is 0 Å². The Morgan fingerprint density at radius 1 is 1.00 bits per heavy atom. The van der Waals surface area contributed by atoms with E-state index in [9.17, 15) is 9.59 Å². The molecular weight excluding hydrogens is 370 g/mol. The van der Waals surface area contributed by atoms with E-state index >= 15 is 0 Å². The molecule has 0 saturated carbocycles. The molecule has 0 fully saturated rings. The van der Waals surface area contributed by atoms with Crippen molar-refractivity contribution in [2.75, 3.05) is 20.3 Å². The molecule has 1 aromatic heterocycles. The second-order valence-corrected chi connectivity index (χ2v) is 6.91. The van der Waals surface area contributed by atoms with Crippen LogP contribution in [0.5, 0.6) is 11.5 Å². The van der Waals surface area contributed by atoms with Crippen molar-refractivity contribution in [1.82, 2.24) is 5.32 Å². The molecule has 0 aliphatic heterocycles. The minimum Gasteiger partial charge on any atom is -0.496 e. The number of para-hydroxylation sites is 1. The second kappa shape index (κ2) is 8.82. The fourth-order valence-electron chi connectivity index (χ4n) is 3.22. The van der Waals surface area contributed by atoms with Crippen LogP contribution in [0.3, 0.4) is 0 Å². The van der Waals surface area contributed by atoms with Crippen LogP contribution >= 0.6 is 0 Å². The molecule has 1 N–H and O–H groups in total. The van der Waals surface area contributed by atoms with Crippen molar-refractivity contribution in [3.05, 3.63) is 69.1 Å². The van der Waals surface area contributed by atoms with Gasteiger partial charge in [-0.3, -0.25) is 4.79 Å². The van der Waals surface area contributed by atoms with Crippen LogP contribution in [0.25, 0.3) is 11.0 Å². The number of rotatable bonds is 7. The summed E-state index contributed by atoms with van der Waals surface area (Å²) in [5.41, 5.74) is 3.35. The highest BCUT2D eigenvalue weighted by Gasteiger charge is 2.13. The lowest BCUT2D eigenvalue weighted by Crippen LogP contribution is -2.30. The van der Waals surface area contributed by atoms with Crippen LogP contribution in [0.1, 0.15) is 22.3 Å². The Kier molecular flexibility index (Phi) is 6.22. The number of methoxy groups -OCH3 is 1. The van der Waals surface area contributed by atoms with Gasteiger partial charge in [0.25, 0.3) is 5.91 Å². The monoisotopic (exact) mass is 395 g/mol. The molecule has 29 heavy (non-hydrogen) atoms. The van der Waals surface area contributed by atoms with Gasteiger partial charge in [0, 0.05) is 23.1 Å². The molecule has 152 valence electrons. The number of aryl methyl sites for hydroxylation is 2. The minimum absolute atomic E-state index is 0.118. The van der Waals surface area contributed by atoms with E-state index in [0.29, 0.717) is 35.4 Å². The average Bonchev–Trinajstić information content (AvgIpc) is 2.72. The molecule has 1 amide bonds. The summed E-state index contributed by atoms with van der Waals surface area (Å²) in [5, 5.41) is 3.71. The summed E-state index contributed by atoms with van der Waals surface area (Å²) in [6, 6.07) is 11.4. The molecule has 0 saturated heterocycles. The first-order valence-electron chi connectivity index (χ1n) is 9.47. The summed E-state index contributed by atoms with van der Waals surface area (Å²) >= 11 is 0. The SMILES string of the molecule is COc1ccccc1CCNC(=O)COc1ccc2c(C)c(C)c(=O)oc2c1C. The summed E-state index contributed by atoms with van der Waals surface area (Å²) in [7, 11) is 1.63. The lowest BCUT2D eigenvalue weighted by Gasteiger charge is -2.13. The number of benzene rings is 2. The zero-order valence-corrected chi connectivity index (χ0v) is 17.1. The second-order valence-electron chi connectivity index (χ2n) is 6.91. The molecule has 0 unspecified atom stereocenters. The van der Waals surface area contributed by atoms with Gasteiger partial charge in [-0.15, -0.1) is 0 Å². The quantitative estimate of drug-likeness (QED) is 0.620. The highest BCUT2D eigenvalue weighted by Crippen LogP contribution is 2.29. The first-order valence-corrected chi connectivity index (χ1v) is 9.47. The summed E-state index contributed by atoms with van der Waals surface area (Å²) < 4.78 is 16.4. The third-order valence-corrected chi connectivity index (χ3v) is 5.09. The number of nitrogens with one attached hydrogen (secondary N) is 1. The number of ether oxygens (including phenoxy) is 2. The molecule has 0 aliphatic carbocycles. The molecule has 0 spiro atoms. The Balaban J connectivity index is 1.61. The summed E-state index contributed by atoms with van der Waals surface area (Å²) in [6.07, 6.45) is 0.661. The van der Waals surface area contributed by atoms with Crippen LogP contribution in [0, 0.1) is 20.8 Å². The van der Waals surface area contributed by atoms with E-state index in [0.717, 1.165) is 22.3 Å². The van der Waals surface area contributed by atoms with Crippen molar-refractivity contribution >= 4 is 16.9 Å². The fraction of sp³-hybridized carbons (Fsp3) is 0.304. The van der Waals surface area contributed by atoms with Gasteiger partial charge in [0.05, 0.1) is 7.11 Å². The highest BCUT2D eigenvalue weighted by molar-refractivity contribution is 5.85. The van der Waals surface area contributed by atoms with Gasteiger partial charge in [-0.05, 0) is 56.5 Å². The van der Waals surface area contributed by atoms with Gasteiger partial charge >= 0.3 is 5.63 Å². The Morgan fingerprint density at radius 2 is 1.76 bits per heavy atom. The number of carbonyl (C=O) groups excluding carboxylic acids is 1. The van der Waals surface area contributed by atoms with Crippen molar-refractivity contribution in [3.63, 3.8) is 0 Å². The van der Waals surface area contributed by atoms with Gasteiger partial charge in [0.1, 0.15) is 17.1 Å². The molecule has 3 aromatic rings. The normalized spacial score (nSPS) is 10.8. The maximum Gasteiger partial charge on any atom is 0.339 e. The fourth-order valence-corrected chi connectivity index (χ4v) is 3.22. The number of hydrogen-bond acceptors (Lipinski definition) is 5. The Bertz CT molecular complexity index is 1100. The number of amides is 1. The smallest absolute Gasteiger partial charge is 0.339 e. The molecule has 1 heterocycles. The molecule has 2 aromatic carbocycles. The first-order chi connectivity index (χ1) is 13.9. The maximum atomic E-state index is 12.1. The van der Waals surface area contributed by atoms with Crippen LogP contribution < -0.4 is 20.4 Å². The lowest BCUT2D eigenvalue weighted by molar-refractivity contribution is -0.123. The van der Waals surface area contributed by atoms with Crippen LogP contribution in [0.2, 0.25) is 0 Å². The molecule has 0 atom stereocenters. The van der Waals surface area contributed by atoms with Crippen molar-refractivity contribution in [2.45, 2.75) is 27.2 Å². The third kappa shape index (κ3) is 4.42. The maximum absolute atomic E-state index is 12.1. The number of hydrogen-bond donors (Lipinski definition) is 1. The Morgan fingerprint density at radius 3 is 2.52 bits per heavy atom.